The lowest BCUT2D eigenvalue weighted by molar-refractivity contribution is -0.274. The van der Waals surface area contributed by atoms with Crippen molar-refractivity contribution in [2.75, 3.05) is 4.90 Å². The second-order valence-corrected chi connectivity index (χ2v) is 9.12. The Bertz CT molecular complexity index is 1350. The van der Waals surface area contributed by atoms with E-state index in [0.717, 1.165) is 41.5 Å². The summed E-state index contributed by atoms with van der Waals surface area (Å²) in [6.45, 7) is 0. The summed E-state index contributed by atoms with van der Waals surface area (Å²) in [5.41, 5.74) is 2.58. The van der Waals surface area contributed by atoms with Gasteiger partial charge in [0.1, 0.15) is 29.9 Å². The maximum Gasteiger partial charge on any atom is 0.573 e. The largest absolute Gasteiger partial charge is 0.573 e. The highest BCUT2D eigenvalue weighted by molar-refractivity contribution is 6.36. The highest BCUT2D eigenvalue weighted by Crippen LogP contribution is 2.39. The molecule has 0 spiro atoms. The molecule has 1 aliphatic carbocycles. The van der Waals surface area contributed by atoms with Crippen LogP contribution in [-0.4, -0.2) is 68.4 Å². The highest BCUT2D eigenvalue weighted by Gasteiger charge is 2.49. The molecule has 9 nitrogen and oxygen atoms in total. The molecule has 37 heavy (non-hydrogen) atoms. The molecule has 1 aliphatic heterocycles. The first-order chi connectivity index (χ1) is 17.4. The van der Waals surface area contributed by atoms with E-state index in [2.05, 4.69) is 9.72 Å². The maximum absolute atomic E-state index is 12.6. The zero-order chi connectivity index (χ0) is 26.6. The Morgan fingerprint density at radius 2 is 1.76 bits per heavy atom. The first kappa shape index (κ1) is 25.5. The molecule has 0 radical (unpaired) electrons. The van der Waals surface area contributed by atoms with Crippen LogP contribution in [0.5, 0.6) is 5.75 Å². The fourth-order valence-electron chi connectivity index (χ4n) is 4.52. The summed E-state index contributed by atoms with van der Waals surface area (Å²) in [6.07, 6.45) is -12.5. The molecule has 196 valence electrons. The van der Waals surface area contributed by atoms with Crippen LogP contribution in [0, 0.1) is 0 Å². The summed E-state index contributed by atoms with van der Waals surface area (Å²) in [4.78, 5) is 17.5. The highest BCUT2D eigenvalue weighted by atomic mass is 35.5. The third-order valence-corrected chi connectivity index (χ3v) is 6.83. The van der Waals surface area contributed by atoms with Crippen LogP contribution in [-0.2, 0) is 22.4 Å². The summed E-state index contributed by atoms with van der Waals surface area (Å²) in [7, 11) is 0. The molecule has 1 saturated heterocycles. The van der Waals surface area contributed by atoms with Gasteiger partial charge >= 0.3 is 12.3 Å². The van der Waals surface area contributed by atoms with Crippen molar-refractivity contribution in [3.05, 3.63) is 58.6 Å². The van der Waals surface area contributed by atoms with Gasteiger partial charge in [-0.25, -0.2) is 9.78 Å². The number of hydrogen-bond donors (Lipinski definition) is 4. The number of aliphatic hydroxyl groups is 3. The van der Waals surface area contributed by atoms with Crippen molar-refractivity contribution >= 4 is 40.0 Å². The number of alkyl halides is 3. The number of pyridine rings is 1. The van der Waals surface area contributed by atoms with E-state index in [1.165, 1.54) is 23.1 Å². The third-order valence-electron chi connectivity index (χ3n) is 6.43. The van der Waals surface area contributed by atoms with E-state index < -0.39 is 48.7 Å². The number of aliphatic hydroxyl groups excluding tert-OH is 3. The molecule has 0 saturated carbocycles. The van der Waals surface area contributed by atoms with Crippen LogP contribution < -0.4 is 9.64 Å². The van der Waals surface area contributed by atoms with Crippen molar-refractivity contribution in [2.24, 2.45) is 0 Å². The van der Waals surface area contributed by atoms with Crippen LogP contribution in [0.15, 0.2) is 42.5 Å². The minimum absolute atomic E-state index is 0.0925. The van der Waals surface area contributed by atoms with Crippen LogP contribution in [0.2, 0.25) is 5.02 Å². The molecule has 2 aliphatic rings. The number of rotatable bonds is 5. The first-order valence-electron chi connectivity index (χ1n) is 11.1. The Hall–Kier alpha value is -3.16. The van der Waals surface area contributed by atoms with Crippen LogP contribution in [0.4, 0.5) is 24.7 Å². The predicted molar refractivity (Wildman–Crippen MR) is 124 cm³/mol. The standard InChI is InChI=1S/C24H20ClF3N2O7/c25-16-14-7-1-10(14)9-11-2-8-15(29-17(11)16)30(12-3-5-13(6-4-12)37-24(26,27)28)22-20(33)18(31)19(32)21(36-22)23(34)35/h2-6,8-9,18-22,31-33H,1,7H2,(H,34,35)/t18-,19-,20+,21-,22+/m0/s1. The van der Waals surface area contributed by atoms with E-state index in [1.54, 1.807) is 6.07 Å². The molecule has 2 heterocycles. The monoisotopic (exact) mass is 540 g/mol. The number of carboxylic acid groups (broad SMARTS) is 1. The molecule has 0 amide bonds. The van der Waals surface area contributed by atoms with Crippen molar-refractivity contribution in [3.63, 3.8) is 0 Å². The molecule has 3 aromatic rings. The van der Waals surface area contributed by atoms with Crippen molar-refractivity contribution in [3.8, 4) is 5.75 Å². The van der Waals surface area contributed by atoms with Gasteiger partial charge in [-0.2, -0.15) is 0 Å². The quantitative estimate of drug-likeness (QED) is 0.385. The fourth-order valence-corrected chi connectivity index (χ4v) is 4.89. The average Bonchev–Trinajstić information content (AvgIpc) is 2.81. The van der Waals surface area contributed by atoms with Gasteiger partial charge in [0.2, 0.25) is 0 Å². The van der Waals surface area contributed by atoms with Gasteiger partial charge in [0.05, 0.1) is 10.5 Å². The van der Waals surface area contributed by atoms with Gasteiger partial charge in [0, 0.05) is 11.1 Å². The lowest BCUT2D eigenvalue weighted by Gasteiger charge is -2.44. The lowest BCUT2D eigenvalue weighted by atomic mass is 9.87. The maximum atomic E-state index is 12.6. The van der Waals surface area contributed by atoms with Gasteiger partial charge in [-0.15, -0.1) is 13.2 Å². The molecule has 0 unspecified atom stereocenters. The van der Waals surface area contributed by atoms with Gasteiger partial charge < -0.3 is 29.9 Å². The summed E-state index contributed by atoms with van der Waals surface area (Å²) in [5, 5.41) is 41.9. The Morgan fingerprint density at radius 1 is 1.05 bits per heavy atom. The van der Waals surface area contributed by atoms with Crippen molar-refractivity contribution in [1.82, 2.24) is 4.98 Å². The number of fused-ring (bicyclic) bond motifs is 2. The number of aryl methyl sites for hydroxylation is 1. The third kappa shape index (κ3) is 4.66. The number of halogens is 4. The van der Waals surface area contributed by atoms with E-state index in [-0.39, 0.29) is 11.5 Å². The lowest BCUT2D eigenvalue weighted by Crippen LogP contribution is -2.63. The normalized spacial score (nSPS) is 25.3. The van der Waals surface area contributed by atoms with E-state index in [1.807, 2.05) is 6.07 Å². The average molecular weight is 541 g/mol. The number of ether oxygens (including phenoxy) is 2. The number of anilines is 2. The number of benzene rings is 2. The summed E-state index contributed by atoms with van der Waals surface area (Å²) >= 11 is 6.57. The summed E-state index contributed by atoms with van der Waals surface area (Å²) in [5.74, 6) is -2.02. The van der Waals surface area contributed by atoms with Gasteiger partial charge in [-0.1, -0.05) is 11.6 Å². The zero-order valence-corrected chi connectivity index (χ0v) is 19.5. The number of nitrogens with zero attached hydrogens (tertiary/aromatic N) is 2. The molecule has 2 aromatic carbocycles. The van der Waals surface area contributed by atoms with Gasteiger partial charge in [-0.05, 0) is 66.4 Å². The van der Waals surface area contributed by atoms with E-state index in [9.17, 15) is 38.4 Å². The second kappa shape index (κ2) is 9.30. The van der Waals surface area contributed by atoms with E-state index in [0.29, 0.717) is 10.5 Å². The minimum atomic E-state index is -4.92. The number of hydrogen-bond acceptors (Lipinski definition) is 8. The van der Waals surface area contributed by atoms with E-state index in [4.69, 9.17) is 16.3 Å². The van der Waals surface area contributed by atoms with Crippen molar-refractivity contribution < 1.29 is 47.9 Å². The molecule has 1 fully saturated rings. The number of aliphatic carboxylic acids is 1. The van der Waals surface area contributed by atoms with Gasteiger partial charge in [-0.3, -0.25) is 4.90 Å². The molecule has 1 aromatic heterocycles. The number of carbonyl (C=O) groups is 1. The van der Waals surface area contributed by atoms with Crippen molar-refractivity contribution in [2.45, 2.75) is 49.8 Å². The predicted octanol–water partition coefficient (Wildman–Crippen LogP) is 2.92. The topological polar surface area (TPSA) is 133 Å². The Labute approximate surface area is 212 Å². The second-order valence-electron chi connectivity index (χ2n) is 8.74. The number of carboxylic acids is 1. The summed E-state index contributed by atoms with van der Waals surface area (Å²) in [6, 6.07) is 9.64. The van der Waals surface area contributed by atoms with E-state index >= 15 is 0 Å². The summed E-state index contributed by atoms with van der Waals surface area (Å²) < 4.78 is 47.3. The molecule has 4 N–H and O–H groups in total. The molecular weight excluding hydrogens is 521 g/mol. The van der Waals surface area contributed by atoms with Crippen LogP contribution in [0.3, 0.4) is 0 Å². The van der Waals surface area contributed by atoms with Crippen LogP contribution >= 0.6 is 11.6 Å². The molecule has 5 rings (SSSR count). The SMILES string of the molecule is O=C(O)[C@H]1O[C@@H](N(c2ccc(OC(F)(F)F)cc2)c2ccc3cc4c(c(Cl)c3n2)CC4)[C@H](O)[C@@H](O)[C@@H]1O. The van der Waals surface area contributed by atoms with Gasteiger partial charge in [0.25, 0.3) is 0 Å². The minimum Gasteiger partial charge on any atom is -0.479 e. The van der Waals surface area contributed by atoms with Crippen LogP contribution in [0.25, 0.3) is 10.9 Å². The number of aromatic nitrogens is 1. The van der Waals surface area contributed by atoms with Gasteiger partial charge in [0.15, 0.2) is 12.3 Å². The molecule has 0 bridgehead atoms. The first-order valence-corrected chi connectivity index (χ1v) is 11.5. The molecule has 5 atom stereocenters. The smallest absolute Gasteiger partial charge is 0.479 e. The zero-order valence-electron chi connectivity index (χ0n) is 18.8. The fraction of sp³-hybridized carbons (Fsp3) is 0.333. The van der Waals surface area contributed by atoms with Crippen molar-refractivity contribution in [1.29, 1.82) is 0 Å². The Kier molecular flexibility index (Phi) is 6.40. The molecular formula is C24H20ClF3N2O7. The Balaban J connectivity index is 1.62. The molecule has 13 heteroatoms. The van der Waals surface area contributed by atoms with Crippen LogP contribution in [0.1, 0.15) is 11.1 Å². The Morgan fingerprint density at radius 3 is 2.35 bits per heavy atom.